The van der Waals surface area contributed by atoms with E-state index in [2.05, 4.69) is 34.4 Å². The molecule has 0 amide bonds. The van der Waals surface area contributed by atoms with Gasteiger partial charge in [-0.25, -0.2) is 0 Å². The molecule has 0 fully saturated rings. The number of phenols is 1. The van der Waals surface area contributed by atoms with Gasteiger partial charge >= 0.3 is 0 Å². The number of hydrogen-bond donors (Lipinski definition) is 3. The van der Waals surface area contributed by atoms with E-state index in [1.54, 1.807) is 13.0 Å². The molecular formula is C23H28N4O3. The lowest BCUT2D eigenvalue weighted by molar-refractivity contribution is 0.280. The Kier molecular flexibility index (Phi) is 7.19. The summed E-state index contributed by atoms with van der Waals surface area (Å²) in [6, 6.07) is 13.6. The smallest absolute Gasteiger partial charge is 0.294 e. The lowest BCUT2D eigenvalue weighted by atomic mass is 10.00. The van der Waals surface area contributed by atoms with Crippen molar-refractivity contribution in [2.45, 2.75) is 46.1 Å². The molecule has 2 aromatic carbocycles. The summed E-state index contributed by atoms with van der Waals surface area (Å²) in [5, 5.41) is 30.8. The van der Waals surface area contributed by atoms with Crippen molar-refractivity contribution in [2.75, 3.05) is 6.61 Å². The highest BCUT2D eigenvalue weighted by atomic mass is 16.3. The van der Waals surface area contributed by atoms with Gasteiger partial charge in [0.15, 0.2) is 5.69 Å². The number of para-hydroxylation sites is 1. The van der Waals surface area contributed by atoms with E-state index in [-0.39, 0.29) is 23.6 Å². The second-order valence-electron chi connectivity index (χ2n) is 7.38. The third-order valence-corrected chi connectivity index (χ3v) is 5.18. The highest BCUT2D eigenvalue weighted by Gasteiger charge is 2.12. The van der Waals surface area contributed by atoms with Crippen LogP contribution in [-0.4, -0.2) is 26.6 Å². The quantitative estimate of drug-likeness (QED) is 0.359. The zero-order chi connectivity index (χ0) is 21.5. The highest BCUT2D eigenvalue weighted by Crippen LogP contribution is 2.32. The molecule has 3 rings (SSSR count). The van der Waals surface area contributed by atoms with Gasteiger partial charge in [0, 0.05) is 13.2 Å². The summed E-state index contributed by atoms with van der Waals surface area (Å²) in [4.78, 5) is 12.5. The molecule has 1 heterocycles. The summed E-state index contributed by atoms with van der Waals surface area (Å²) >= 11 is 0. The number of rotatable bonds is 9. The molecule has 0 radical (unpaired) electrons. The Hall–Kier alpha value is -3.19. The Balaban J connectivity index is 1.76. The predicted molar refractivity (Wildman–Crippen MR) is 117 cm³/mol. The van der Waals surface area contributed by atoms with Gasteiger partial charge in [0.25, 0.3) is 5.56 Å². The van der Waals surface area contributed by atoms with Gasteiger partial charge in [0.05, 0.1) is 5.69 Å². The lowest BCUT2D eigenvalue weighted by Gasteiger charge is -2.08. The maximum absolute atomic E-state index is 12.5. The van der Waals surface area contributed by atoms with Crippen molar-refractivity contribution in [2.24, 2.45) is 10.2 Å². The van der Waals surface area contributed by atoms with Crippen LogP contribution < -0.4 is 5.56 Å². The van der Waals surface area contributed by atoms with Crippen molar-refractivity contribution in [3.63, 3.8) is 0 Å². The third-order valence-electron chi connectivity index (χ3n) is 5.18. The van der Waals surface area contributed by atoms with Crippen LogP contribution in [0.5, 0.6) is 5.75 Å². The number of benzene rings is 2. The normalized spacial score (nSPS) is 11.4. The lowest BCUT2D eigenvalue weighted by Crippen LogP contribution is -2.16. The van der Waals surface area contributed by atoms with E-state index in [9.17, 15) is 9.90 Å². The molecule has 0 atom stereocenters. The van der Waals surface area contributed by atoms with Crippen molar-refractivity contribution >= 4 is 11.4 Å². The number of H-pyrrole nitrogens is 1. The van der Waals surface area contributed by atoms with Crippen molar-refractivity contribution in [1.82, 2.24) is 9.78 Å². The van der Waals surface area contributed by atoms with E-state index in [0.717, 1.165) is 12.0 Å². The Bertz CT molecular complexity index is 1080. The third kappa shape index (κ3) is 5.04. The molecule has 0 saturated heterocycles. The Morgan fingerprint density at radius 3 is 2.47 bits per heavy atom. The maximum atomic E-state index is 12.5. The number of hydrogen-bond acceptors (Lipinski definition) is 5. The molecule has 7 nitrogen and oxygen atoms in total. The molecule has 0 aliphatic carbocycles. The molecule has 0 aliphatic heterocycles. The van der Waals surface area contributed by atoms with E-state index < -0.39 is 0 Å². The molecular weight excluding hydrogens is 380 g/mol. The number of aliphatic hydroxyl groups excluding tert-OH is 1. The summed E-state index contributed by atoms with van der Waals surface area (Å²) in [5.41, 5.74) is 4.18. The SMILES string of the molecule is Cc1ccccc1CCc1cccc(N=Nc2c(C)[nH]n(CCCCO)c2=O)c1O. The van der Waals surface area contributed by atoms with E-state index >= 15 is 0 Å². The number of aromatic nitrogens is 2. The first kappa shape index (κ1) is 21.5. The van der Waals surface area contributed by atoms with Gasteiger partial charge in [-0.3, -0.25) is 14.6 Å². The van der Waals surface area contributed by atoms with Gasteiger partial charge in [-0.05, 0) is 62.3 Å². The van der Waals surface area contributed by atoms with Crippen molar-refractivity contribution in [3.05, 3.63) is 75.2 Å². The highest BCUT2D eigenvalue weighted by molar-refractivity contribution is 5.55. The molecule has 0 bridgehead atoms. The van der Waals surface area contributed by atoms with Crippen molar-refractivity contribution < 1.29 is 10.2 Å². The van der Waals surface area contributed by atoms with E-state index in [1.165, 1.54) is 15.8 Å². The summed E-state index contributed by atoms with van der Waals surface area (Å²) < 4.78 is 1.47. The summed E-state index contributed by atoms with van der Waals surface area (Å²) in [5.74, 6) is 0.0892. The van der Waals surface area contributed by atoms with Gasteiger partial charge in [0.2, 0.25) is 0 Å². The first-order valence-corrected chi connectivity index (χ1v) is 10.2. The average molecular weight is 409 g/mol. The number of nitrogens with zero attached hydrogens (tertiary/aromatic N) is 3. The fourth-order valence-electron chi connectivity index (χ4n) is 3.38. The van der Waals surface area contributed by atoms with Crippen LogP contribution in [0, 0.1) is 13.8 Å². The van der Waals surface area contributed by atoms with Crippen LogP contribution in [0.3, 0.4) is 0 Å². The molecule has 0 unspecified atom stereocenters. The van der Waals surface area contributed by atoms with E-state index in [0.29, 0.717) is 37.2 Å². The van der Waals surface area contributed by atoms with E-state index in [4.69, 9.17) is 5.11 Å². The van der Waals surface area contributed by atoms with Gasteiger partial charge in [-0.15, -0.1) is 10.2 Å². The largest absolute Gasteiger partial charge is 0.505 e. The maximum Gasteiger partial charge on any atom is 0.294 e. The summed E-state index contributed by atoms with van der Waals surface area (Å²) in [7, 11) is 0. The molecule has 158 valence electrons. The topological polar surface area (TPSA) is 103 Å². The van der Waals surface area contributed by atoms with Crippen LogP contribution in [0.15, 0.2) is 57.5 Å². The molecule has 7 heteroatoms. The molecule has 0 aliphatic rings. The second kappa shape index (κ2) is 10.0. The minimum atomic E-state index is -0.260. The standard InChI is InChI=1S/C23H28N4O3/c1-16-8-3-4-9-18(16)12-13-19-10-7-11-20(22(19)29)24-25-21-17(2)26-27(23(21)30)14-5-6-15-28/h3-4,7-11,26,28-29H,5-6,12-15H2,1-2H3. The van der Waals surface area contributed by atoms with Crippen LogP contribution in [0.25, 0.3) is 0 Å². The van der Waals surface area contributed by atoms with E-state index in [1.807, 2.05) is 24.3 Å². The molecule has 1 aromatic heterocycles. The monoisotopic (exact) mass is 408 g/mol. The number of azo groups is 1. The molecule has 3 aromatic rings. The average Bonchev–Trinajstić information content (AvgIpc) is 3.00. The van der Waals surface area contributed by atoms with Crippen LogP contribution in [-0.2, 0) is 19.4 Å². The molecule has 3 N–H and O–H groups in total. The van der Waals surface area contributed by atoms with Crippen LogP contribution in [0.4, 0.5) is 11.4 Å². The number of aliphatic hydroxyl groups is 1. The summed E-state index contributed by atoms with van der Waals surface area (Å²) in [6.45, 7) is 4.42. The van der Waals surface area contributed by atoms with Gasteiger partial charge < -0.3 is 10.2 Å². The zero-order valence-electron chi connectivity index (χ0n) is 17.4. The molecule has 30 heavy (non-hydrogen) atoms. The Morgan fingerprint density at radius 1 is 0.967 bits per heavy atom. The zero-order valence-corrected chi connectivity index (χ0v) is 17.4. The molecule has 0 spiro atoms. The number of aromatic hydroxyl groups is 1. The van der Waals surface area contributed by atoms with Gasteiger partial charge in [-0.2, -0.15) is 0 Å². The first-order valence-electron chi connectivity index (χ1n) is 10.2. The Labute approximate surface area is 175 Å². The van der Waals surface area contributed by atoms with Gasteiger partial charge in [0.1, 0.15) is 11.4 Å². The van der Waals surface area contributed by atoms with Crippen molar-refractivity contribution in [1.29, 1.82) is 0 Å². The van der Waals surface area contributed by atoms with Crippen molar-refractivity contribution in [3.8, 4) is 5.75 Å². The fourth-order valence-corrected chi connectivity index (χ4v) is 3.38. The molecule has 0 saturated carbocycles. The fraction of sp³-hybridized carbons (Fsp3) is 0.348. The van der Waals surface area contributed by atoms with Gasteiger partial charge in [-0.1, -0.05) is 36.4 Å². The number of unbranched alkanes of at least 4 members (excludes halogenated alkanes) is 1. The number of aryl methyl sites for hydroxylation is 5. The second-order valence-corrected chi connectivity index (χ2v) is 7.38. The minimum Gasteiger partial charge on any atom is -0.505 e. The predicted octanol–water partition coefficient (Wildman–Crippen LogP) is 4.47. The Morgan fingerprint density at radius 2 is 1.70 bits per heavy atom. The first-order chi connectivity index (χ1) is 14.5. The number of aromatic amines is 1. The minimum absolute atomic E-state index is 0.0892. The number of nitrogens with one attached hydrogen (secondary N) is 1. The summed E-state index contributed by atoms with van der Waals surface area (Å²) in [6.07, 6.45) is 2.82. The van der Waals surface area contributed by atoms with Crippen LogP contribution in [0.1, 0.15) is 35.2 Å². The number of phenolic OH excluding ortho intramolecular Hbond substituents is 1. The van der Waals surface area contributed by atoms with Crippen LogP contribution in [0.2, 0.25) is 0 Å². The van der Waals surface area contributed by atoms with Crippen LogP contribution >= 0.6 is 0 Å².